The van der Waals surface area contributed by atoms with Crippen LogP contribution >= 0.6 is 15.9 Å². The molecule has 2 rings (SSSR count). The molecular formula is C14H19BrFN. The van der Waals surface area contributed by atoms with Gasteiger partial charge in [0.1, 0.15) is 5.82 Å². The fourth-order valence-electron chi connectivity index (χ4n) is 2.46. The van der Waals surface area contributed by atoms with Crippen LogP contribution in [0.5, 0.6) is 0 Å². The second kappa shape index (κ2) is 6.39. The second-order valence-corrected chi connectivity index (χ2v) is 5.72. The first kappa shape index (κ1) is 12.9. The lowest BCUT2D eigenvalue weighted by molar-refractivity contribution is 0.483. The summed E-state index contributed by atoms with van der Waals surface area (Å²) >= 11 is 3.44. The van der Waals surface area contributed by atoms with E-state index in [4.69, 9.17) is 0 Å². The van der Waals surface area contributed by atoms with E-state index in [0.717, 1.165) is 22.6 Å². The van der Waals surface area contributed by atoms with Gasteiger partial charge in [-0.15, -0.1) is 0 Å². The van der Waals surface area contributed by atoms with Gasteiger partial charge in [0, 0.05) is 11.0 Å². The average molecular weight is 300 g/mol. The van der Waals surface area contributed by atoms with Gasteiger partial charge in [0.15, 0.2) is 0 Å². The molecule has 94 valence electrons. The van der Waals surface area contributed by atoms with Crippen molar-refractivity contribution >= 4 is 21.6 Å². The first-order valence-electron chi connectivity index (χ1n) is 6.44. The number of nitrogens with one attached hydrogen (secondary N) is 1. The molecule has 0 unspecified atom stereocenters. The highest BCUT2D eigenvalue weighted by molar-refractivity contribution is 9.10. The molecule has 0 aromatic heterocycles. The van der Waals surface area contributed by atoms with Crippen LogP contribution in [0, 0.1) is 11.7 Å². The Morgan fingerprint density at radius 1 is 1.18 bits per heavy atom. The SMILES string of the molecule is Fc1ccc(Br)c(NCC2CCCCCC2)c1. The van der Waals surface area contributed by atoms with Gasteiger partial charge >= 0.3 is 0 Å². The van der Waals surface area contributed by atoms with Gasteiger partial charge in [0.25, 0.3) is 0 Å². The number of rotatable bonds is 3. The molecule has 1 aromatic carbocycles. The predicted molar refractivity (Wildman–Crippen MR) is 73.8 cm³/mol. The van der Waals surface area contributed by atoms with E-state index in [0.29, 0.717) is 0 Å². The van der Waals surface area contributed by atoms with Crippen molar-refractivity contribution in [3.8, 4) is 0 Å². The van der Waals surface area contributed by atoms with Crippen LogP contribution in [0.3, 0.4) is 0 Å². The van der Waals surface area contributed by atoms with Gasteiger partial charge < -0.3 is 5.32 Å². The summed E-state index contributed by atoms with van der Waals surface area (Å²) in [5, 5.41) is 3.36. The van der Waals surface area contributed by atoms with Crippen molar-refractivity contribution in [3.05, 3.63) is 28.5 Å². The average Bonchev–Trinajstić information content (AvgIpc) is 2.59. The van der Waals surface area contributed by atoms with Gasteiger partial charge in [-0.05, 0) is 52.9 Å². The Balaban J connectivity index is 1.89. The molecule has 0 spiro atoms. The lowest BCUT2D eigenvalue weighted by Gasteiger charge is -2.16. The van der Waals surface area contributed by atoms with Gasteiger partial charge in [-0.2, -0.15) is 0 Å². The standard InChI is InChI=1S/C14H19BrFN/c15-13-8-7-12(16)9-14(13)17-10-11-5-3-1-2-4-6-11/h7-9,11,17H,1-6,10H2. The molecule has 1 aromatic rings. The maximum Gasteiger partial charge on any atom is 0.125 e. The molecule has 0 aliphatic heterocycles. The maximum atomic E-state index is 13.1. The van der Waals surface area contributed by atoms with Gasteiger partial charge in [-0.1, -0.05) is 25.7 Å². The first-order valence-corrected chi connectivity index (χ1v) is 7.24. The quantitative estimate of drug-likeness (QED) is 0.777. The minimum Gasteiger partial charge on any atom is -0.384 e. The van der Waals surface area contributed by atoms with Crippen LogP contribution in [0.25, 0.3) is 0 Å². The van der Waals surface area contributed by atoms with E-state index >= 15 is 0 Å². The van der Waals surface area contributed by atoms with Crippen LogP contribution in [0.2, 0.25) is 0 Å². The molecule has 0 bridgehead atoms. The molecule has 3 heteroatoms. The third kappa shape index (κ3) is 3.98. The third-order valence-corrected chi connectivity index (χ3v) is 4.18. The fourth-order valence-corrected chi connectivity index (χ4v) is 2.84. The van der Waals surface area contributed by atoms with Crippen molar-refractivity contribution in [3.63, 3.8) is 0 Å². The summed E-state index contributed by atoms with van der Waals surface area (Å²) in [7, 11) is 0. The van der Waals surface area contributed by atoms with E-state index in [2.05, 4.69) is 21.2 Å². The summed E-state index contributed by atoms with van der Waals surface area (Å²) < 4.78 is 14.1. The molecule has 1 aliphatic rings. The van der Waals surface area contributed by atoms with E-state index in [1.807, 2.05) is 0 Å². The molecule has 0 atom stereocenters. The largest absolute Gasteiger partial charge is 0.384 e. The summed E-state index contributed by atoms with van der Waals surface area (Å²) in [6, 6.07) is 4.78. The zero-order valence-electron chi connectivity index (χ0n) is 10.0. The summed E-state index contributed by atoms with van der Waals surface area (Å²) in [5.41, 5.74) is 0.870. The van der Waals surface area contributed by atoms with E-state index in [1.165, 1.54) is 44.6 Å². The van der Waals surface area contributed by atoms with Crippen molar-refractivity contribution in [2.24, 2.45) is 5.92 Å². The van der Waals surface area contributed by atoms with Crippen molar-refractivity contribution in [1.82, 2.24) is 0 Å². The topological polar surface area (TPSA) is 12.0 Å². The minimum absolute atomic E-state index is 0.184. The number of hydrogen-bond donors (Lipinski definition) is 1. The molecule has 0 radical (unpaired) electrons. The maximum absolute atomic E-state index is 13.1. The Morgan fingerprint density at radius 3 is 2.59 bits per heavy atom. The fraction of sp³-hybridized carbons (Fsp3) is 0.571. The smallest absolute Gasteiger partial charge is 0.125 e. The van der Waals surface area contributed by atoms with Gasteiger partial charge in [0.05, 0.1) is 5.69 Å². The van der Waals surface area contributed by atoms with Crippen LogP contribution < -0.4 is 5.32 Å². The van der Waals surface area contributed by atoms with Gasteiger partial charge in [0.2, 0.25) is 0 Å². The number of halogens is 2. The summed E-state index contributed by atoms with van der Waals surface area (Å²) in [4.78, 5) is 0. The van der Waals surface area contributed by atoms with Gasteiger partial charge in [-0.25, -0.2) is 4.39 Å². The molecule has 1 aliphatic carbocycles. The van der Waals surface area contributed by atoms with Crippen LogP contribution in [-0.2, 0) is 0 Å². The number of anilines is 1. The lowest BCUT2D eigenvalue weighted by atomic mass is 10.0. The Hall–Kier alpha value is -0.570. The normalized spacial score (nSPS) is 17.8. The zero-order chi connectivity index (χ0) is 12.1. The minimum atomic E-state index is -0.184. The molecule has 0 amide bonds. The zero-order valence-corrected chi connectivity index (χ0v) is 11.6. The molecule has 1 fully saturated rings. The molecule has 0 heterocycles. The Labute approximate surface area is 111 Å². The molecular weight excluding hydrogens is 281 g/mol. The molecule has 1 nitrogen and oxygen atoms in total. The van der Waals surface area contributed by atoms with Gasteiger partial charge in [-0.3, -0.25) is 0 Å². The van der Waals surface area contributed by atoms with Crippen LogP contribution in [0.1, 0.15) is 38.5 Å². The Kier molecular flexibility index (Phi) is 4.84. The second-order valence-electron chi connectivity index (χ2n) is 4.86. The van der Waals surface area contributed by atoms with E-state index in [9.17, 15) is 4.39 Å². The predicted octanol–water partition coefficient (Wildman–Crippen LogP) is 4.97. The molecule has 0 saturated heterocycles. The van der Waals surface area contributed by atoms with Crippen molar-refractivity contribution in [2.75, 3.05) is 11.9 Å². The van der Waals surface area contributed by atoms with Crippen LogP contribution in [-0.4, -0.2) is 6.54 Å². The Bertz CT molecular complexity index is 359. The van der Waals surface area contributed by atoms with Crippen molar-refractivity contribution in [2.45, 2.75) is 38.5 Å². The van der Waals surface area contributed by atoms with E-state index in [-0.39, 0.29) is 5.82 Å². The highest BCUT2D eigenvalue weighted by Crippen LogP contribution is 2.26. The number of benzene rings is 1. The summed E-state index contributed by atoms with van der Waals surface area (Å²) in [6.45, 7) is 0.960. The van der Waals surface area contributed by atoms with Crippen LogP contribution in [0.4, 0.5) is 10.1 Å². The first-order chi connectivity index (χ1) is 8.25. The van der Waals surface area contributed by atoms with E-state index < -0.39 is 0 Å². The van der Waals surface area contributed by atoms with E-state index in [1.54, 1.807) is 12.1 Å². The van der Waals surface area contributed by atoms with Crippen molar-refractivity contribution in [1.29, 1.82) is 0 Å². The monoisotopic (exact) mass is 299 g/mol. The molecule has 1 saturated carbocycles. The van der Waals surface area contributed by atoms with Crippen molar-refractivity contribution < 1.29 is 4.39 Å². The highest BCUT2D eigenvalue weighted by Gasteiger charge is 2.12. The number of hydrogen-bond acceptors (Lipinski definition) is 1. The summed E-state index contributed by atoms with van der Waals surface area (Å²) in [6.07, 6.45) is 8.05. The van der Waals surface area contributed by atoms with Crippen LogP contribution in [0.15, 0.2) is 22.7 Å². The molecule has 1 N–H and O–H groups in total. The Morgan fingerprint density at radius 2 is 1.88 bits per heavy atom. The lowest BCUT2D eigenvalue weighted by Crippen LogP contribution is -2.14. The highest BCUT2D eigenvalue weighted by atomic mass is 79.9. The molecule has 17 heavy (non-hydrogen) atoms. The third-order valence-electron chi connectivity index (χ3n) is 3.48. The summed E-state index contributed by atoms with van der Waals surface area (Å²) in [5.74, 6) is 0.559.